The number of hydrogen-bond donors (Lipinski definition) is 6. The highest BCUT2D eigenvalue weighted by Crippen LogP contribution is 2.23. The van der Waals surface area contributed by atoms with Crippen molar-refractivity contribution in [1.82, 2.24) is 5.32 Å². The first-order chi connectivity index (χ1) is 32.2. The minimum Gasteiger partial charge on any atom is -0.466 e. The monoisotopic (exact) mass is 934 g/mol. The molecule has 0 aromatic rings. The van der Waals surface area contributed by atoms with E-state index in [4.69, 9.17) is 14.2 Å². The van der Waals surface area contributed by atoms with Gasteiger partial charge in [0.15, 0.2) is 6.29 Å². The Balaban J connectivity index is 2.26. The zero-order chi connectivity index (χ0) is 48.1. The van der Waals surface area contributed by atoms with E-state index in [0.29, 0.717) is 19.4 Å². The Morgan fingerprint density at radius 1 is 0.561 bits per heavy atom. The summed E-state index contributed by atoms with van der Waals surface area (Å²) in [5.41, 5.74) is 0. The summed E-state index contributed by atoms with van der Waals surface area (Å²) in [5, 5.41) is 54.2. The largest absolute Gasteiger partial charge is 0.466 e. The average Bonchev–Trinajstić information content (AvgIpc) is 3.31. The Morgan fingerprint density at radius 3 is 1.62 bits per heavy atom. The number of carbonyl (C=O) groups is 2. The topological polar surface area (TPSA) is 175 Å². The fraction of sp³-hybridized carbons (Fsp3) is 0.818. The maximum atomic E-state index is 13.0. The summed E-state index contributed by atoms with van der Waals surface area (Å²) in [6.45, 7) is 4.20. The number of rotatable bonds is 45. The van der Waals surface area contributed by atoms with Crippen LogP contribution in [0.1, 0.15) is 226 Å². The average molecular weight is 934 g/mol. The molecule has 0 aliphatic carbocycles. The number of nitrogens with one attached hydrogen (secondary N) is 1. The molecule has 1 aliphatic rings. The smallest absolute Gasteiger partial charge is 0.305 e. The minimum atomic E-state index is -1.59. The van der Waals surface area contributed by atoms with Gasteiger partial charge in [0, 0.05) is 12.8 Å². The van der Waals surface area contributed by atoms with E-state index in [0.717, 1.165) is 70.6 Å². The molecule has 0 spiro atoms. The molecule has 1 fully saturated rings. The first-order valence-corrected chi connectivity index (χ1v) is 26.9. The van der Waals surface area contributed by atoms with E-state index in [-0.39, 0.29) is 24.9 Å². The van der Waals surface area contributed by atoms with Gasteiger partial charge in [-0.05, 0) is 70.6 Å². The molecule has 11 nitrogen and oxygen atoms in total. The summed E-state index contributed by atoms with van der Waals surface area (Å²) in [4.78, 5) is 25.0. The van der Waals surface area contributed by atoms with Crippen LogP contribution in [0.15, 0.2) is 48.6 Å². The molecule has 6 N–H and O–H groups in total. The first kappa shape index (κ1) is 61.6. The Bertz CT molecular complexity index is 1240. The molecule has 0 radical (unpaired) electrons. The lowest BCUT2D eigenvalue weighted by Crippen LogP contribution is -2.60. The third kappa shape index (κ3) is 34.8. The van der Waals surface area contributed by atoms with Crippen molar-refractivity contribution in [2.24, 2.45) is 0 Å². The van der Waals surface area contributed by atoms with E-state index < -0.39 is 49.5 Å². The van der Waals surface area contributed by atoms with Crippen molar-refractivity contribution in [2.45, 2.75) is 269 Å². The molecule has 0 aromatic carbocycles. The first-order valence-electron chi connectivity index (χ1n) is 26.9. The maximum absolute atomic E-state index is 13.0. The summed E-state index contributed by atoms with van der Waals surface area (Å²) in [7, 11) is 0. The molecule has 1 amide bonds. The second-order valence-electron chi connectivity index (χ2n) is 18.6. The van der Waals surface area contributed by atoms with Crippen LogP contribution in [0.5, 0.6) is 0 Å². The van der Waals surface area contributed by atoms with Crippen LogP contribution in [-0.2, 0) is 23.8 Å². The second kappa shape index (κ2) is 45.1. The summed E-state index contributed by atoms with van der Waals surface area (Å²) in [6.07, 6.45) is 44.8. The lowest BCUT2D eigenvalue weighted by atomic mass is 9.99. The number of amides is 1. The van der Waals surface area contributed by atoms with E-state index in [9.17, 15) is 35.1 Å². The predicted molar refractivity (Wildman–Crippen MR) is 269 cm³/mol. The molecule has 1 saturated heterocycles. The number of aliphatic hydroxyl groups is 5. The number of hydrogen-bond acceptors (Lipinski definition) is 10. The summed E-state index contributed by atoms with van der Waals surface area (Å²) in [5.74, 6) is -0.315. The van der Waals surface area contributed by atoms with Crippen molar-refractivity contribution < 1.29 is 49.3 Å². The number of unbranched alkanes of at least 4 members (excludes halogenated alkanes) is 25. The molecule has 66 heavy (non-hydrogen) atoms. The highest BCUT2D eigenvalue weighted by atomic mass is 16.7. The molecule has 1 heterocycles. The van der Waals surface area contributed by atoms with Crippen LogP contribution in [0.2, 0.25) is 0 Å². The lowest BCUT2D eigenvalue weighted by molar-refractivity contribution is -0.302. The molecule has 1 rings (SSSR count). The third-order valence-corrected chi connectivity index (χ3v) is 12.4. The van der Waals surface area contributed by atoms with Gasteiger partial charge in [0.05, 0.1) is 32.0 Å². The number of allylic oxidation sites excluding steroid dienone is 7. The van der Waals surface area contributed by atoms with Gasteiger partial charge in [-0.25, -0.2) is 0 Å². The number of carbonyl (C=O) groups excluding carboxylic acids is 2. The van der Waals surface area contributed by atoms with E-state index in [2.05, 4.69) is 43.5 Å². The molecule has 7 unspecified atom stereocenters. The summed E-state index contributed by atoms with van der Waals surface area (Å²) >= 11 is 0. The highest BCUT2D eigenvalue weighted by Gasteiger charge is 2.44. The van der Waals surface area contributed by atoms with Crippen molar-refractivity contribution in [1.29, 1.82) is 0 Å². The second-order valence-corrected chi connectivity index (χ2v) is 18.6. The highest BCUT2D eigenvalue weighted by molar-refractivity contribution is 5.76. The van der Waals surface area contributed by atoms with Gasteiger partial charge in [0.2, 0.25) is 5.91 Å². The van der Waals surface area contributed by atoms with Gasteiger partial charge in [-0.15, -0.1) is 0 Å². The Hall–Kier alpha value is -2.38. The third-order valence-electron chi connectivity index (χ3n) is 12.4. The molecule has 1 aliphatic heterocycles. The van der Waals surface area contributed by atoms with Gasteiger partial charge in [0.1, 0.15) is 24.4 Å². The van der Waals surface area contributed by atoms with Crippen molar-refractivity contribution in [3.8, 4) is 0 Å². The van der Waals surface area contributed by atoms with Crippen LogP contribution in [0.25, 0.3) is 0 Å². The van der Waals surface area contributed by atoms with Gasteiger partial charge < -0.3 is 45.1 Å². The molecule has 11 heteroatoms. The zero-order valence-electron chi connectivity index (χ0n) is 41.9. The van der Waals surface area contributed by atoms with E-state index in [1.165, 1.54) is 122 Å². The van der Waals surface area contributed by atoms with Crippen LogP contribution in [0.3, 0.4) is 0 Å². The zero-order valence-corrected chi connectivity index (χ0v) is 41.9. The van der Waals surface area contributed by atoms with Gasteiger partial charge in [-0.1, -0.05) is 191 Å². The van der Waals surface area contributed by atoms with Crippen molar-refractivity contribution in [3.63, 3.8) is 0 Å². The molecular formula is C55H99NO10. The van der Waals surface area contributed by atoms with Crippen LogP contribution in [0.4, 0.5) is 0 Å². The van der Waals surface area contributed by atoms with Gasteiger partial charge >= 0.3 is 5.97 Å². The van der Waals surface area contributed by atoms with Crippen LogP contribution in [0, 0.1) is 0 Å². The Morgan fingerprint density at radius 2 is 1.05 bits per heavy atom. The van der Waals surface area contributed by atoms with Crippen LogP contribution < -0.4 is 5.32 Å². The normalized spacial score (nSPS) is 20.0. The number of aliphatic hydroxyl groups excluding tert-OH is 5. The molecular weight excluding hydrogens is 835 g/mol. The molecule has 7 atom stereocenters. The van der Waals surface area contributed by atoms with Gasteiger partial charge in [0.25, 0.3) is 0 Å². The van der Waals surface area contributed by atoms with Crippen molar-refractivity contribution >= 4 is 11.9 Å². The fourth-order valence-corrected chi connectivity index (χ4v) is 8.05. The molecule has 0 saturated carbocycles. The molecule has 0 bridgehead atoms. The maximum Gasteiger partial charge on any atom is 0.305 e. The SMILES string of the molecule is CCCC/C=C\CCCCCCCC(=O)OCCCCCCCC/C=C\C/C=C\CCC(=O)NC(COC1OC(CO)C(O)C(O)C1O)C(O)/C=C/CCCCCCCCCCCCCC. The summed E-state index contributed by atoms with van der Waals surface area (Å²) in [6, 6.07) is -0.854. The van der Waals surface area contributed by atoms with Crippen molar-refractivity contribution in [3.05, 3.63) is 48.6 Å². The Labute approximate surface area is 402 Å². The van der Waals surface area contributed by atoms with E-state index in [1.807, 2.05) is 18.2 Å². The summed E-state index contributed by atoms with van der Waals surface area (Å²) < 4.78 is 16.6. The van der Waals surface area contributed by atoms with E-state index in [1.54, 1.807) is 6.08 Å². The van der Waals surface area contributed by atoms with Crippen LogP contribution >= 0.6 is 0 Å². The van der Waals surface area contributed by atoms with Crippen molar-refractivity contribution in [2.75, 3.05) is 19.8 Å². The van der Waals surface area contributed by atoms with E-state index >= 15 is 0 Å². The predicted octanol–water partition coefficient (Wildman–Crippen LogP) is 11.3. The van der Waals surface area contributed by atoms with Crippen LogP contribution in [-0.4, -0.2) is 100 Å². The molecule has 0 aromatic heterocycles. The van der Waals surface area contributed by atoms with Gasteiger partial charge in [-0.2, -0.15) is 0 Å². The molecule has 384 valence electrons. The standard InChI is InChI=1S/C55H99NO10/c1-3-5-7-9-11-13-15-16-18-22-25-29-33-37-41-48(58)47(46-65-55-54(63)53(62)52(61)49(45-57)66-55)56-50(59)42-38-34-30-26-23-19-17-20-24-28-32-36-40-44-64-51(60)43-39-35-31-27-21-14-12-10-8-6-4-2/h10,12,19,23,30,34,37,41,47-49,52-55,57-58,61-63H,3-9,11,13-18,20-22,24-29,31-33,35-36,38-40,42-46H2,1-2H3,(H,56,59)/b12-10-,23-19-,34-30-,41-37+. The van der Waals surface area contributed by atoms with Gasteiger partial charge in [-0.3, -0.25) is 9.59 Å². The number of esters is 1. The quantitative estimate of drug-likeness (QED) is 0.0196. The fourth-order valence-electron chi connectivity index (χ4n) is 8.05. The minimum absolute atomic E-state index is 0.0511. The Kier molecular flexibility index (Phi) is 42.1. The lowest BCUT2D eigenvalue weighted by Gasteiger charge is -2.40. The number of ether oxygens (including phenoxy) is 3.